The molecule has 1 unspecified atom stereocenters. The van der Waals surface area contributed by atoms with Crippen LogP contribution in [0.5, 0.6) is 5.75 Å². The van der Waals surface area contributed by atoms with Crippen molar-refractivity contribution in [1.82, 2.24) is 5.32 Å². The normalized spacial score (nSPS) is 11.0. The minimum atomic E-state index is -0.725. The Hall–Kier alpha value is -3.26. The molecule has 0 aliphatic heterocycles. The molecule has 0 aliphatic rings. The Bertz CT molecular complexity index is 819. The number of esters is 1. The second-order valence-electron chi connectivity index (χ2n) is 5.31. The highest BCUT2D eigenvalue weighted by molar-refractivity contribution is 5.97. The summed E-state index contributed by atoms with van der Waals surface area (Å²) in [4.78, 5) is 23.8. The minimum Gasteiger partial charge on any atom is -0.507 e. The first-order valence-corrected chi connectivity index (χ1v) is 7.84. The van der Waals surface area contributed by atoms with Gasteiger partial charge >= 0.3 is 5.97 Å². The van der Waals surface area contributed by atoms with Gasteiger partial charge < -0.3 is 15.2 Å². The van der Waals surface area contributed by atoms with Gasteiger partial charge in [-0.3, -0.25) is 4.79 Å². The largest absolute Gasteiger partial charge is 0.507 e. The van der Waals surface area contributed by atoms with Crippen molar-refractivity contribution < 1.29 is 19.4 Å². The smallest absolute Gasteiger partial charge is 0.328 e. The van der Waals surface area contributed by atoms with Crippen molar-refractivity contribution in [3.8, 4) is 17.6 Å². The second-order valence-corrected chi connectivity index (χ2v) is 5.31. The molecule has 0 bridgehead atoms. The fraction of sp³-hybridized carbons (Fsp3) is 0.200. The minimum absolute atomic E-state index is 0.0952. The van der Waals surface area contributed by atoms with Gasteiger partial charge in [0.25, 0.3) is 5.91 Å². The molecule has 0 heterocycles. The van der Waals surface area contributed by atoms with Crippen molar-refractivity contribution >= 4 is 11.9 Å². The van der Waals surface area contributed by atoms with Crippen LogP contribution in [-0.4, -0.2) is 30.1 Å². The van der Waals surface area contributed by atoms with E-state index in [4.69, 9.17) is 0 Å². The zero-order valence-electron chi connectivity index (χ0n) is 14.1. The van der Waals surface area contributed by atoms with Gasteiger partial charge in [0.2, 0.25) is 0 Å². The summed E-state index contributed by atoms with van der Waals surface area (Å²) in [5.41, 5.74) is 1.48. The van der Waals surface area contributed by atoms with Gasteiger partial charge in [0.1, 0.15) is 11.8 Å². The molecule has 0 aliphatic carbocycles. The Morgan fingerprint density at radius 2 is 1.88 bits per heavy atom. The number of ether oxygens (including phenoxy) is 1. The fourth-order valence-electron chi connectivity index (χ4n) is 2.15. The molecule has 5 heteroatoms. The van der Waals surface area contributed by atoms with Gasteiger partial charge in [0.05, 0.1) is 12.7 Å². The summed E-state index contributed by atoms with van der Waals surface area (Å²) in [6, 6.07) is 13.1. The average Bonchev–Trinajstić information content (AvgIpc) is 2.65. The predicted octanol–water partition coefficient (Wildman–Crippen LogP) is 2.47. The maximum absolute atomic E-state index is 12.2. The molecule has 128 valence electrons. The summed E-state index contributed by atoms with van der Waals surface area (Å²) in [7, 11) is 1.27. The molecule has 0 saturated heterocycles. The summed E-state index contributed by atoms with van der Waals surface area (Å²) in [6.07, 6.45) is 0.408. The third-order valence-electron chi connectivity index (χ3n) is 3.57. The lowest BCUT2D eigenvalue weighted by Crippen LogP contribution is -2.41. The monoisotopic (exact) mass is 337 g/mol. The molecule has 0 spiro atoms. The first-order chi connectivity index (χ1) is 12.0. The van der Waals surface area contributed by atoms with Gasteiger partial charge in [-0.05, 0) is 36.8 Å². The van der Waals surface area contributed by atoms with Crippen LogP contribution < -0.4 is 5.32 Å². The fourth-order valence-corrected chi connectivity index (χ4v) is 2.15. The molecular formula is C20H19NO4. The molecule has 0 aromatic heterocycles. The average molecular weight is 337 g/mol. The Morgan fingerprint density at radius 3 is 2.48 bits per heavy atom. The molecule has 0 saturated carbocycles. The molecule has 2 N–H and O–H groups in total. The van der Waals surface area contributed by atoms with Gasteiger partial charge in [-0.1, -0.05) is 37.0 Å². The van der Waals surface area contributed by atoms with E-state index < -0.39 is 17.9 Å². The lowest BCUT2D eigenvalue weighted by atomic mass is 10.1. The lowest BCUT2D eigenvalue weighted by molar-refractivity contribution is -0.142. The number of amides is 1. The Balaban J connectivity index is 2.15. The van der Waals surface area contributed by atoms with Crippen LogP contribution in [-0.2, 0) is 9.53 Å². The van der Waals surface area contributed by atoms with E-state index >= 15 is 0 Å². The molecule has 2 aromatic carbocycles. The van der Waals surface area contributed by atoms with E-state index in [2.05, 4.69) is 21.9 Å². The number of rotatable bonds is 4. The van der Waals surface area contributed by atoms with Crippen LogP contribution in [0.2, 0.25) is 0 Å². The third-order valence-corrected chi connectivity index (χ3v) is 3.57. The molecular weight excluding hydrogens is 318 g/mol. The van der Waals surface area contributed by atoms with Gasteiger partial charge in [-0.25, -0.2) is 4.79 Å². The van der Waals surface area contributed by atoms with Gasteiger partial charge in [-0.15, -0.1) is 0 Å². The highest BCUT2D eigenvalue weighted by atomic mass is 16.5. The summed E-state index contributed by atoms with van der Waals surface area (Å²) < 4.78 is 4.64. The number of phenolic OH excluding ortho intramolecular Hbond substituents is 1. The van der Waals surface area contributed by atoms with E-state index in [9.17, 15) is 14.7 Å². The van der Waals surface area contributed by atoms with Crippen LogP contribution in [0.15, 0.2) is 48.5 Å². The van der Waals surface area contributed by atoms with Gasteiger partial charge in [-0.2, -0.15) is 0 Å². The Labute approximate surface area is 146 Å². The molecule has 1 amide bonds. The number of nitrogens with one attached hydrogen (secondary N) is 1. The zero-order valence-corrected chi connectivity index (χ0v) is 14.1. The lowest BCUT2D eigenvalue weighted by Gasteiger charge is -2.14. The molecule has 25 heavy (non-hydrogen) atoms. The molecule has 0 radical (unpaired) electrons. The number of methoxy groups -OCH3 is 1. The van der Waals surface area contributed by atoms with Crippen LogP contribution in [0.3, 0.4) is 0 Å². The van der Waals surface area contributed by atoms with Crippen LogP contribution in [0, 0.1) is 11.8 Å². The maximum Gasteiger partial charge on any atom is 0.328 e. The Morgan fingerprint density at radius 1 is 1.16 bits per heavy atom. The van der Waals surface area contributed by atoms with E-state index in [1.165, 1.54) is 13.2 Å². The zero-order chi connectivity index (χ0) is 18.2. The molecule has 0 fully saturated rings. The summed E-state index contributed by atoms with van der Waals surface area (Å²) >= 11 is 0. The first kappa shape index (κ1) is 18.1. The van der Waals surface area contributed by atoms with E-state index in [-0.39, 0.29) is 11.3 Å². The number of hydrogen-bond donors (Lipinski definition) is 2. The SMILES string of the molecule is CCC(NC(=O)c1ccc(C#Cc2ccccc2)c(O)c1)C(=O)OC. The van der Waals surface area contributed by atoms with Crippen molar-refractivity contribution in [2.75, 3.05) is 7.11 Å². The van der Waals surface area contributed by atoms with Crippen molar-refractivity contribution in [2.24, 2.45) is 0 Å². The predicted molar refractivity (Wildman–Crippen MR) is 94.1 cm³/mol. The maximum atomic E-state index is 12.2. The summed E-state index contributed by atoms with van der Waals surface area (Å²) in [5, 5.41) is 12.7. The van der Waals surface area contributed by atoms with Gasteiger partial charge in [0.15, 0.2) is 0 Å². The van der Waals surface area contributed by atoms with Crippen molar-refractivity contribution in [1.29, 1.82) is 0 Å². The van der Waals surface area contributed by atoms with E-state index in [1.54, 1.807) is 19.1 Å². The van der Waals surface area contributed by atoms with Crippen LogP contribution >= 0.6 is 0 Å². The molecule has 1 atom stereocenters. The summed E-state index contributed by atoms with van der Waals surface area (Å²) in [5.74, 6) is 4.74. The number of aromatic hydroxyl groups is 1. The van der Waals surface area contributed by atoms with Crippen LogP contribution in [0.25, 0.3) is 0 Å². The first-order valence-electron chi connectivity index (χ1n) is 7.84. The quantitative estimate of drug-likeness (QED) is 0.664. The van der Waals surface area contributed by atoms with Crippen LogP contribution in [0.1, 0.15) is 34.8 Å². The highest BCUT2D eigenvalue weighted by Crippen LogP contribution is 2.18. The molecule has 5 nitrogen and oxygen atoms in total. The van der Waals surface area contributed by atoms with Crippen molar-refractivity contribution in [3.05, 3.63) is 65.2 Å². The third kappa shape index (κ3) is 4.85. The molecule has 2 rings (SSSR count). The highest BCUT2D eigenvalue weighted by Gasteiger charge is 2.20. The van der Waals surface area contributed by atoms with E-state index in [1.807, 2.05) is 30.3 Å². The standard InChI is InChI=1S/C20H19NO4/c1-3-17(20(24)25-2)21-19(23)16-12-11-15(18(22)13-16)10-9-14-7-5-4-6-8-14/h4-8,11-13,17,22H,3H2,1-2H3,(H,21,23). The van der Waals surface area contributed by atoms with E-state index in [0.717, 1.165) is 5.56 Å². The number of carbonyl (C=O) groups is 2. The number of hydrogen-bond acceptors (Lipinski definition) is 4. The summed E-state index contributed by atoms with van der Waals surface area (Å²) in [6.45, 7) is 1.77. The van der Waals surface area contributed by atoms with Gasteiger partial charge in [0, 0.05) is 11.1 Å². The number of carbonyl (C=O) groups excluding carboxylic acids is 2. The number of phenols is 1. The Kier molecular flexibility index (Phi) is 6.19. The topological polar surface area (TPSA) is 75.6 Å². The van der Waals surface area contributed by atoms with Crippen molar-refractivity contribution in [2.45, 2.75) is 19.4 Å². The number of benzene rings is 2. The van der Waals surface area contributed by atoms with E-state index in [0.29, 0.717) is 12.0 Å². The van der Waals surface area contributed by atoms with Crippen molar-refractivity contribution in [3.63, 3.8) is 0 Å². The van der Waals surface area contributed by atoms with Crippen LogP contribution in [0.4, 0.5) is 0 Å². The second kappa shape index (κ2) is 8.55. The molecule has 2 aromatic rings.